The molecule has 1 aliphatic rings. The number of nitrogens with zero attached hydrogens (tertiary/aromatic N) is 2. The number of esters is 1. The monoisotopic (exact) mass is 541 g/mol. The number of hydrogen-bond acceptors (Lipinski definition) is 7. The second kappa shape index (κ2) is 13.4. The molecule has 0 unspecified atom stereocenters. The van der Waals surface area contributed by atoms with Crippen molar-refractivity contribution in [2.45, 2.75) is 20.0 Å². The van der Waals surface area contributed by atoms with E-state index in [0.29, 0.717) is 11.3 Å². The van der Waals surface area contributed by atoms with E-state index in [9.17, 15) is 4.79 Å². The summed E-state index contributed by atoms with van der Waals surface area (Å²) in [6.07, 6.45) is 4.23. The van der Waals surface area contributed by atoms with Gasteiger partial charge in [-0.2, -0.15) is 6.67 Å². The average molecular weight is 542 g/mol. The minimum Gasteiger partial charge on any atom is -0.386 e. The molecule has 5 nitrogen and oxygen atoms in total. The minimum absolute atomic E-state index is 0.0347. The molecule has 1 fully saturated rings. The van der Waals surface area contributed by atoms with Crippen molar-refractivity contribution in [1.29, 1.82) is 0 Å². The van der Waals surface area contributed by atoms with Gasteiger partial charge in [-0.05, 0) is 25.6 Å². The average Bonchev–Trinajstić information content (AvgIpc) is 3.10. The molecule has 1 saturated heterocycles. The van der Waals surface area contributed by atoms with Crippen LogP contribution in [-0.2, 0) is 18.3 Å². The standard InChI is InChI=1S/C12H14O3.C5H11N2S2.2ClH.Ru/c1-8(2)15-11-6-5-10(7-9(11)3)12(13)14-4;1-8-6-3-4-7(5-6)9-2;;;/h3,5-8H,1-2,4H3;5H,3-4H2,1-2H3;2*1H;/q;-1;;;+2/p-2. The normalized spacial score (nSPS) is 15.2. The van der Waals surface area contributed by atoms with Gasteiger partial charge < -0.3 is 8.61 Å². The predicted octanol–water partition coefficient (Wildman–Crippen LogP) is 4.62. The van der Waals surface area contributed by atoms with Crippen LogP contribution in [0.15, 0.2) is 18.2 Å². The van der Waals surface area contributed by atoms with Crippen LogP contribution in [0, 0.1) is 6.67 Å². The largest absolute Gasteiger partial charge is 0.386 e. The van der Waals surface area contributed by atoms with Crippen molar-refractivity contribution in [3.8, 4) is 5.75 Å². The Morgan fingerprint density at radius 3 is 2.26 bits per heavy atom. The van der Waals surface area contributed by atoms with Crippen molar-refractivity contribution >= 4 is 53.9 Å². The molecule has 10 heteroatoms. The van der Waals surface area contributed by atoms with Gasteiger partial charge in [-0.1, -0.05) is 0 Å². The van der Waals surface area contributed by atoms with Crippen molar-refractivity contribution in [3.05, 3.63) is 36.0 Å². The fourth-order valence-corrected chi connectivity index (χ4v) is 4.84. The number of benzene rings is 1. The van der Waals surface area contributed by atoms with Crippen LogP contribution in [0.5, 0.6) is 5.75 Å². The first-order valence-electron chi connectivity index (χ1n) is 7.99. The van der Waals surface area contributed by atoms with Gasteiger partial charge in [0.25, 0.3) is 0 Å². The van der Waals surface area contributed by atoms with Gasteiger partial charge in [0, 0.05) is 0 Å². The summed E-state index contributed by atoms with van der Waals surface area (Å²) in [5, 5.41) is 0. The first kappa shape index (κ1) is 25.2. The Labute approximate surface area is 183 Å². The molecule has 0 N–H and O–H groups in total. The smallest absolute Gasteiger partial charge is 0.00595 e. The van der Waals surface area contributed by atoms with E-state index in [2.05, 4.69) is 32.5 Å². The maximum absolute atomic E-state index is 11.5. The molecule has 1 aromatic carbocycles. The molecule has 0 saturated carbocycles. The molecule has 156 valence electrons. The molecule has 1 heterocycles. The number of ether oxygens (including phenoxy) is 2. The van der Waals surface area contributed by atoms with E-state index in [1.54, 1.807) is 46.7 Å². The van der Waals surface area contributed by atoms with Crippen LogP contribution in [0.1, 0.15) is 29.8 Å². The zero-order chi connectivity index (χ0) is 20.4. The van der Waals surface area contributed by atoms with Crippen molar-refractivity contribution in [2.75, 3.05) is 32.7 Å². The summed E-state index contributed by atoms with van der Waals surface area (Å²) >= 11 is 1.56. The van der Waals surface area contributed by atoms with Gasteiger partial charge in [-0.25, -0.2) is 0 Å². The van der Waals surface area contributed by atoms with Crippen molar-refractivity contribution in [1.82, 2.24) is 8.61 Å². The van der Waals surface area contributed by atoms with Crippen LogP contribution in [0.3, 0.4) is 0 Å². The first-order chi connectivity index (χ1) is 12.8. The second-order valence-corrected chi connectivity index (χ2v) is 12.9. The van der Waals surface area contributed by atoms with Gasteiger partial charge in [0.05, 0.1) is 0 Å². The molecule has 0 atom stereocenters. The topological polar surface area (TPSA) is 42.0 Å². The van der Waals surface area contributed by atoms with Crippen molar-refractivity contribution in [3.63, 3.8) is 0 Å². The van der Waals surface area contributed by atoms with Gasteiger partial charge in [-0.3, -0.25) is 0 Å². The Bertz CT molecular complexity index is 637. The SMILES string of the molecule is COC(=O)c1ccc(OC(C)C)c([CH]=[Ru]([Cl])[Cl])c1.CSN1[CH-]N(SC)CC1. The summed E-state index contributed by atoms with van der Waals surface area (Å²) in [6.45, 7) is 8.31. The molecule has 1 aliphatic heterocycles. The maximum atomic E-state index is 11.5. The zero-order valence-corrected chi connectivity index (χ0v) is 20.8. The van der Waals surface area contributed by atoms with E-state index in [4.69, 9.17) is 24.1 Å². The summed E-state index contributed by atoms with van der Waals surface area (Å²) in [4.78, 5) is 11.5. The van der Waals surface area contributed by atoms with Gasteiger partial charge in [-0.15, -0.1) is 23.9 Å². The Balaban J connectivity index is 0.000000337. The second-order valence-electron chi connectivity index (χ2n) is 5.48. The molecule has 0 bridgehead atoms. The summed E-state index contributed by atoms with van der Waals surface area (Å²) in [5.74, 6) is 0.265. The minimum atomic E-state index is -1.98. The molecule has 1 aromatic rings. The molecule has 27 heavy (non-hydrogen) atoms. The molecule has 0 aromatic heterocycles. The number of methoxy groups -OCH3 is 1. The Morgan fingerprint density at radius 1 is 1.26 bits per heavy atom. The molecule has 0 radical (unpaired) electrons. The van der Waals surface area contributed by atoms with Gasteiger partial charge in [0.2, 0.25) is 0 Å². The zero-order valence-electron chi connectivity index (χ0n) is 15.9. The van der Waals surface area contributed by atoms with E-state index in [0.717, 1.165) is 18.7 Å². The Morgan fingerprint density at radius 2 is 1.85 bits per heavy atom. The first-order valence-corrected chi connectivity index (χ1v) is 15.8. The quantitative estimate of drug-likeness (QED) is 0.226. The number of carbonyl (C=O) groups is 1. The van der Waals surface area contributed by atoms with Gasteiger partial charge >= 0.3 is 120 Å². The molecule has 0 spiro atoms. The fourth-order valence-electron chi connectivity index (χ4n) is 2.05. The molecule has 0 aliphatic carbocycles. The third-order valence-electron chi connectivity index (χ3n) is 3.25. The van der Waals surface area contributed by atoms with Crippen molar-refractivity contribution in [2.24, 2.45) is 0 Å². The van der Waals surface area contributed by atoms with Crippen LogP contribution in [0.4, 0.5) is 0 Å². The predicted molar refractivity (Wildman–Crippen MR) is 115 cm³/mol. The van der Waals surface area contributed by atoms with E-state index >= 15 is 0 Å². The number of hydrogen-bond donors (Lipinski definition) is 0. The van der Waals surface area contributed by atoms with Crippen LogP contribution < -0.4 is 4.74 Å². The van der Waals surface area contributed by atoms with Crippen LogP contribution >= 0.6 is 43.3 Å². The van der Waals surface area contributed by atoms with Crippen LogP contribution in [-0.4, -0.2) is 58.0 Å². The van der Waals surface area contributed by atoms with E-state index in [1.165, 1.54) is 7.11 Å². The van der Waals surface area contributed by atoms with E-state index in [1.807, 2.05) is 13.8 Å². The molecular formula is C17H25Cl2N2O3RuS2-. The fraction of sp³-hybridized carbons (Fsp3) is 0.471. The molecule has 0 amide bonds. The van der Waals surface area contributed by atoms with Crippen LogP contribution in [0.2, 0.25) is 0 Å². The molecule has 2 rings (SSSR count). The van der Waals surface area contributed by atoms with Crippen molar-refractivity contribution < 1.29 is 27.8 Å². The third kappa shape index (κ3) is 9.48. The van der Waals surface area contributed by atoms with Gasteiger partial charge in [0.1, 0.15) is 0 Å². The molecular weight excluding hydrogens is 516 g/mol. The number of halogens is 2. The summed E-state index contributed by atoms with van der Waals surface area (Å²) in [7, 11) is 13.1. The van der Waals surface area contributed by atoms with Crippen LogP contribution in [0.25, 0.3) is 0 Å². The number of rotatable bonds is 6. The number of carbonyl (C=O) groups excluding carboxylic acids is 1. The Hall–Kier alpha value is 0.183. The van der Waals surface area contributed by atoms with Gasteiger partial charge in [0.15, 0.2) is 0 Å². The summed E-state index contributed by atoms with van der Waals surface area (Å²) in [5.41, 5.74) is 1.18. The third-order valence-corrected chi connectivity index (χ3v) is 6.57. The summed E-state index contributed by atoms with van der Waals surface area (Å²) < 4.78 is 16.5. The van der Waals surface area contributed by atoms with E-state index < -0.39 is 19.5 Å². The van der Waals surface area contributed by atoms with E-state index in [-0.39, 0.29) is 6.10 Å². The Kier molecular flexibility index (Phi) is 12.5. The maximum Gasteiger partial charge on any atom is -0.00595 e. The summed E-state index contributed by atoms with van der Waals surface area (Å²) in [6, 6.07) is 5.05.